The Kier molecular flexibility index (Phi) is 5.50. The largest absolute Gasteiger partial charge is 0.422 e. The number of hydrogen-bond donors (Lipinski definition) is 1. The molecule has 3 rings (SSSR count). The number of pyridine rings is 1. The van der Waals surface area contributed by atoms with Crippen molar-refractivity contribution in [2.45, 2.75) is 6.92 Å². The number of nitrogens with zero attached hydrogens (tertiary/aromatic N) is 2. The van der Waals surface area contributed by atoms with E-state index in [-0.39, 0.29) is 11.9 Å². The van der Waals surface area contributed by atoms with E-state index in [0.717, 1.165) is 11.3 Å². The van der Waals surface area contributed by atoms with Crippen molar-refractivity contribution < 1.29 is 14.3 Å². The summed E-state index contributed by atoms with van der Waals surface area (Å²) in [7, 11) is 0. The Bertz CT molecular complexity index is 918. The highest BCUT2D eigenvalue weighted by molar-refractivity contribution is 7.12. The lowest BCUT2D eigenvalue weighted by Gasteiger charge is -2.03. The minimum atomic E-state index is -0.389. The quantitative estimate of drug-likeness (QED) is 0.325. The molecule has 0 fully saturated rings. The molecule has 6 nitrogen and oxygen atoms in total. The molecule has 0 aliphatic heterocycles. The van der Waals surface area contributed by atoms with Crippen molar-refractivity contribution in [1.82, 2.24) is 10.4 Å². The van der Waals surface area contributed by atoms with E-state index < -0.39 is 0 Å². The van der Waals surface area contributed by atoms with Gasteiger partial charge in [0.1, 0.15) is 10.6 Å². The lowest BCUT2D eigenvalue weighted by Crippen LogP contribution is -2.17. The molecule has 0 bridgehead atoms. The van der Waals surface area contributed by atoms with E-state index >= 15 is 0 Å². The zero-order valence-corrected chi connectivity index (χ0v) is 14.7. The Morgan fingerprint density at radius 1 is 1.15 bits per heavy atom. The molecule has 3 aromatic rings. The smallest absolute Gasteiger partial charge is 0.353 e. The summed E-state index contributed by atoms with van der Waals surface area (Å²) in [5.74, 6) is -0.286. The lowest BCUT2D eigenvalue weighted by molar-refractivity contribution is 0.0739. The number of rotatable bonds is 5. The number of aromatic nitrogens is 1. The number of carbonyl (C=O) groups excluding carboxylic acids is 2. The number of nitrogens with one attached hydrogen (secondary N) is 1. The van der Waals surface area contributed by atoms with Gasteiger partial charge in [-0.25, -0.2) is 10.2 Å². The van der Waals surface area contributed by atoms with Gasteiger partial charge >= 0.3 is 5.97 Å². The van der Waals surface area contributed by atoms with Gasteiger partial charge in [-0.15, -0.1) is 11.3 Å². The second-order valence-electron chi connectivity index (χ2n) is 5.32. The molecule has 1 amide bonds. The van der Waals surface area contributed by atoms with Gasteiger partial charge < -0.3 is 4.74 Å². The summed E-state index contributed by atoms with van der Waals surface area (Å²) >= 11 is 1.33. The van der Waals surface area contributed by atoms with Gasteiger partial charge in [-0.2, -0.15) is 5.10 Å². The normalized spacial score (nSPS) is 10.7. The topological polar surface area (TPSA) is 80.6 Å². The van der Waals surface area contributed by atoms with Crippen LogP contribution in [0.1, 0.15) is 31.3 Å². The Morgan fingerprint density at radius 3 is 2.62 bits per heavy atom. The van der Waals surface area contributed by atoms with Gasteiger partial charge in [0, 0.05) is 11.9 Å². The molecule has 7 heteroatoms. The molecule has 1 aromatic carbocycles. The fraction of sp³-hybridized carbons (Fsp3) is 0.0526. The van der Waals surface area contributed by atoms with Gasteiger partial charge in [0.05, 0.1) is 11.8 Å². The number of hydrazone groups is 1. The summed E-state index contributed by atoms with van der Waals surface area (Å²) < 4.78 is 5.27. The Balaban J connectivity index is 1.55. The molecule has 0 aliphatic carbocycles. The number of ether oxygens (including phenoxy) is 1. The fourth-order valence-electron chi connectivity index (χ4n) is 2.01. The van der Waals surface area contributed by atoms with Crippen LogP contribution >= 0.6 is 11.3 Å². The fourth-order valence-corrected chi connectivity index (χ4v) is 2.60. The molecular weight excluding hydrogens is 350 g/mol. The van der Waals surface area contributed by atoms with Gasteiger partial charge in [0.25, 0.3) is 5.91 Å². The average Bonchev–Trinajstić information content (AvgIpc) is 3.18. The van der Waals surface area contributed by atoms with Gasteiger partial charge in [-0.3, -0.25) is 9.78 Å². The minimum Gasteiger partial charge on any atom is -0.422 e. The summed E-state index contributed by atoms with van der Waals surface area (Å²) in [6.07, 6.45) is 3.00. The van der Waals surface area contributed by atoms with Gasteiger partial charge in [-0.1, -0.05) is 6.07 Å². The van der Waals surface area contributed by atoms with Crippen molar-refractivity contribution in [1.29, 1.82) is 0 Å². The number of amides is 1. The first kappa shape index (κ1) is 17.5. The van der Waals surface area contributed by atoms with Crippen molar-refractivity contribution in [3.8, 4) is 5.75 Å². The van der Waals surface area contributed by atoms with Gasteiger partial charge in [0.2, 0.25) is 0 Å². The van der Waals surface area contributed by atoms with E-state index in [1.54, 1.807) is 48.5 Å². The molecule has 2 heterocycles. The second-order valence-corrected chi connectivity index (χ2v) is 6.27. The van der Waals surface area contributed by atoms with Crippen LogP contribution in [0.5, 0.6) is 5.75 Å². The number of thiophene rings is 1. The van der Waals surface area contributed by atoms with E-state index in [9.17, 15) is 9.59 Å². The molecule has 0 unspecified atom stereocenters. The third kappa shape index (κ3) is 4.61. The van der Waals surface area contributed by atoms with Crippen LogP contribution in [0.2, 0.25) is 0 Å². The zero-order valence-electron chi connectivity index (χ0n) is 13.9. The highest BCUT2D eigenvalue weighted by Gasteiger charge is 2.09. The van der Waals surface area contributed by atoms with E-state index in [1.165, 1.54) is 23.7 Å². The Labute approximate surface area is 154 Å². The monoisotopic (exact) mass is 365 g/mol. The predicted octanol–water partition coefficient (Wildman–Crippen LogP) is 3.43. The van der Waals surface area contributed by atoms with Crippen molar-refractivity contribution in [2.75, 3.05) is 0 Å². The summed E-state index contributed by atoms with van der Waals surface area (Å²) in [4.78, 5) is 28.4. The molecule has 0 atom stereocenters. The number of esters is 1. The van der Waals surface area contributed by atoms with E-state index in [0.29, 0.717) is 16.2 Å². The molecule has 0 aliphatic rings. The molecular formula is C19H15N3O3S. The minimum absolute atomic E-state index is 0.338. The lowest BCUT2D eigenvalue weighted by atomic mass is 10.2. The summed E-state index contributed by atoms with van der Waals surface area (Å²) in [5, 5.41) is 5.73. The number of carbonyl (C=O) groups is 2. The first-order valence-corrected chi connectivity index (χ1v) is 8.61. The van der Waals surface area contributed by atoms with Crippen molar-refractivity contribution >= 4 is 29.4 Å². The standard InChI is InChI=1S/C19H15N3O3S/c1-13-4-7-15(12-20-13)18(23)22-21-11-14-5-8-16(9-6-14)25-19(24)17-3-2-10-26-17/h2-12H,1H3,(H,22,23)/b21-11-. The predicted molar refractivity (Wildman–Crippen MR) is 99.8 cm³/mol. The number of hydrogen-bond acceptors (Lipinski definition) is 6. The van der Waals surface area contributed by atoms with Crippen LogP contribution in [0, 0.1) is 6.92 Å². The van der Waals surface area contributed by atoms with Gasteiger partial charge in [0.15, 0.2) is 0 Å². The molecule has 0 spiro atoms. The molecule has 2 aromatic heterocycles. The third-order valence-electron chi connectivity index (χ3n) is 3.37. The zero-order chi connectivity index (χ0) is 18.4. The van der Waals surface area contributed by atoms with Crippen LogP contribution in [0.15, 0.2) is 65.2 Å². The number of benzene rings is 1. The van der Waals surface area contributed by atoms with Crippen LogP contribution in [-0.4, -0.2) is 23.1 Å². The highest BCUT2D eigenvalue weighted by atomic mass is 32.1. The van der Waals surface area contributed by atoms with Crippen molar-refractivity contribution in [3.63, 3.8) is 0 Å². The van der Waals surface area contributed by atoms with Crippen LogP contribution < -0.4 is 10.2 Å². The first-order valence-electron chi connectivity index (χ1n) is 7.73. The van der Waals surface area contributed by atoms with Crippen molar-refractivity contribution in [3.05, 3.63) is 81.8 Å². The third-order valence-corrected chi connectivity index (χ3v) is 4.22. The van der Waals surface area contributed by atoms with Crippen molar-refractivity contribution in [2.24, 2.45) is 5.10 Å². The summed E-state index contributed by atoms with van der Waals surface area (Å²) in [6, 6.07) is 13.7. The molecule has 26 heavy (non-hydrogen) atoms. The van der Waals surface area contributed by atoms with Crippen LogP contribution in [0.3, 0.4) is 0 Å². The maximum absolute atomic E-state index is 11.9. The average molecular weight is 365 g/mol. The van der Waals surface area contributed by atoms with Gasteiger partial charge in [-0.05, 0) is 60.3 Å². The SMILES string of the molecule is Cc1ccc(C(=O)N/N=C\c2ccc(OC(=O)c3cccs3)cc2)cn1. The van der Waals surface area contributed by atoms with E-state index in [4.69, 9.17) is 4.74 Å². The summed E-state index contributed by atoms with van der Waals surface area (Å²) in [5.41, 5.74) is 4.46. The molecule has 0 radical (unpaired) electrons. The highest BCUT2D eigenvalue weighted by Crippen LogP contribution is 2.16. The second kappa shape index (κ2) is 8.17. The van der Waals surface area contributed by atoms with Crippen LogP contribution in [0.4, 0.5) is 0 Å². The van der Waals surface area contributed by atoms with E-state index in [1.807, 2.05) is 12.3 Å². The van der Waals surface area contributed by atoms with Crippen LogP contribution in [-0.2, 0) is 0 Å². The number of aryl methyl sites for hydroxylation is 1. The molecule has 130 valence electrons. The first-order chi connectivity index (χ1) is 12.6. The summed E-state index contributed by atoms with van der Waals surface area (Å²) in [6.45, 7) is 1.85. The van der Waals surface area contributed by atoms with E-state index in [2.05, 4.69) is 15.5 Å². The molecule has 1 N–H and O–H groups in total. The van der Waals surface area contributed by atoms with Crippen LogP contribution in [0.25, 0.3) is 0 Å². The maximum Gasteiger partial charge on any atom is 0.353 e. The molecule has 0 saturated heterocycles. The Hall–Kier alpha value is -3.32. The maximum atomic E-state index is 11.9. The Morgan fingerprint density at radius 2 is 1.96 bits per heavy atom. The molecule has 0 saturated carbocycles.